The highest BCUT2D eigenvalue weighted by Gasteiger charge is 2.36. The van der Waals surface area contributed by atoms with Crippen molar-refractivity contribution in [2.45, 2.75) is 122 Å². The number of aliphatic carboxylic acids is 1. The van der Waals surface area contributed by atoms with Crippen LogP contribution in [0.2, 0.25) is 0 Å². The lowest BCUT2D eigenvalue weighted by Gasteiger charge is -2.30. The number of carboxylic acid groups (broad SMARTS) is 1. The summed E-state index contributed by atoms with van der Waals surface area (Å²) in [6, 6.07) is 0. The zero-order valence-corrected chi connectivity index (χ0v) is 21.5. The maximum Gasteiger partial charge on any atom is 0.360 e. The Morgan fingerprint density at radius 2 is 1.36 bits per heavy atom. The lowest BCUT2D eigenvalue weighted by atomic mass is 10.0. The number of allylic oxidation sites excluding steroid dienone is 2. The Balaban J connectivity index is 1.89. The summed E-state index contributed by atoms with van der Waals surface area (Å²) in [6.45, 7) is 3.23. The van der Waals surface area contributed by atoms with Gasteiger partial charge in [0.15, 0.2) is 6.54 Å². The molecular formula is C28H52N3O2+. The van der Waals surface area contributed by atoms with Gasteiger partial charge in [-0.2, -0.15) is 0 Å². The number of nitrogens with two attached hydrogens (primary N) is 1. The standard InChI is InChI=1S/C28H51N3O2/c1-2-3-4-5-6-7-8-9-10-11-12-13-14-15-16-17-18-19-20-21-27-30-23-25-31(27,24-22-29)26-28(32)33/h2-3,23,25H,4-22,24,26,29H2,1H3/p+1/b3-2+. The number of amidine groups is 1. The molecule has 1 rings (SSSR count). The van der Waals surface area contributed by atoms with Crippen LogP contribution in [-0.4, -0.2) is 41.0 Å². The maximum atomic E-state index is 11.3. The minimum atomic E-state index is -0.797. The van der Waals surface area contributed by atoms with Crippen LogP contribution >= 0.6 is 0 Å². The van der Waals surface area contributed by atoms with Crippen molar-refractivity contribution in [3.8, 4) is 0 Å². The first-order valence-electron chi connectivity index (χ1n) is 13.8. The second kappa shape index (κ2) is 20.0. The minimum absolute atomic E-state index is 0.0453. The summed E-state index contributed by atoms with van der Waals surface area (Å²) < 4.78 is 0.308. The molecule has 0 saturated carbocycles. The number of carboxylic acids is 1. The van der Waals surface area contributed by atoms with Crippen molar-refractivity contribution in [3.63, 3.8) is 0 Å². The molecule has 5 heteroatoms. The van der Waals surface area contributed by atoms with E-state index in [0.717, 1.165) is 18.7 Å². The molecule has 0 bridgehead atoms. The van der Waals surface area contributed by atoms with Crippen LogP contribution in [0.25, 0.3) is 0 Å². The monoisotopic (exact) mass is 462 g/mol. The lowest BCUT2D eigenvalue weighted by molar-refractivity contribution is -0.778. The van der Waals surface area contributed by atoms with Crippen LogP contribution in [0.1, 0.15) is 122 Å². The average molecular weight is 463 g/mol. The number of carbonyl (C=O) groups is 1. The van der Waals surface area contributed by atoms with Gasteiger partial charge in [0, 0.05) is 13.0 Å². The second-order valence-electron chi connectivity index (χ2n) is 9.71. The van der Waals surface area contributed by atoms with Crippen LogP contribution in [0, 0.1) is 0 Å². The molecule has 190 valence electrons. The molecule has 0 aromatic rings. The first kappa shape index (κ1) is 29.6. The fourth-order valence-electron chi connectivity index (χ4n) is 4.82. The topological polar surface area (TPSA) is 75.7 Å². The zero-order chi connectivity index (χ0) is 24.0. The van der Waals surface area contributed by atoms with Gasteiger partial charge in [-0.1, -0.05) is 102 Å². The Labute approximate surface area is 203 Å². The number of hydrogen-bond acceptors (Lipinski definition) is 3. The third kappa shape index (κ3) is 14.4. The summed E-state index contributed by atoms with van der Waals surface area (Å²) in [7, 11) is 0. The largest absolute Gasteiger partial charge is 0.477 e. The molecular weight excluding hydrogens is 410 g/mol. The summed E-state index contributed by atoms with van der Waals surface area (Å²) in [4.78, 5) is 15.7. The predicted octanol–water partition coefficient (Wildman–Crippen LogP) is 7.33. The van der Waals surface area contributed by atoms with Gasteiger partial charge in [-0.3, -0.25) is 0 Å². The van der Waals surface area contributed by atoms with E-state index in [1.54, 1.807) is 6.20 Å². The summed E-state index contributed by atoms with van der Waals surface area (Å²) in [5.74, 6) is 0.168. The number of rotatable bonds is 23. The van der Waals surface area contributed by atoms with E-state index >= 15 is 0 Å². The van der Waals surface area contributed by atoms with Gasteiger partial charge in [0.2, 0.25) is 5.84 Å². The van der Waals surface area contributed by atoms with Crippen LogP contribution < -0.4 is 5.73 Å². The van der Waals surface area contributed by atoms with Gasteiger partial charge in [-0.15, -0.1) is 0 Å². The molecule has 1 aliphatic heterocycles. The van der Waals surface area contributed by atoms with Crippen LogP contribution in [0.5, 0.6) is 0 Å². The molecule has 3 N–H and O–H groups in total. The second-order valence-corrected chi connectivity index (χ2v) is 9.71. The van der Waals surface area contributed by atoms with E-state index in [0.29, 0.717) is 17.6 Å². The molecule has 0 aromatic carbocycles. The third-order valence-corrected chi connectivity index (χ3v) is 6.79. The molecule has 0 aliphatic carbocycles. The van der Waals surface area contributed by atoms with E-state index in [4.69, 9.17) is 5.73 Å². The van der Waals surface area contributed by atoms with Gasteiger partial charge in [-0.05, 0) is 26.2 Å². The van der Waals surface area contributed by atoms with E-state index < -0.39 is 5.97 Å². The summed E-state index contributed by atoms with van der Waals surface area (Å²) in [5.41, 5.74) is 5.74. The molecule has 33 heavy (non-hydrogen) atoms. The molecule has 0 spiro atoms. The highest BCUT2D eigenvalue weighted by Crippen LogP contribution is 2.21. The highest BCUT2D eigenvalue weighted by molar-refractivity contribution is 5.81. The average Bonchev–Trinajstić information content (AvgIpc) is 3.16. The minimum Gasteiger partial charge on any atom is -0.477 e. The number of unbranched alkanes of at least 4 members (excludes halogenated alkanes) is 16. The number of aliphatic imine (C=N–C) groups is 1. The summed E-state index contributed by atoms with van der Waals surface area (Å²) in [6.07, 6.45) is 31.9. The summed E-state index contributed by atoms with van der Waals surface area (Å²) >= 11 is 0. The van der Waals surface area contributed by atoms with Crippen LogP contribution in [0.4, 0.5) is 0 Å². The first-order valence-corrected chi connectivity index (χ1v) is 13.8. The Kier molecular flexibility index (Phi) is 17.9. The molecule has 1 aliphatic rings. The van der Waals surface area contributed by atoms with Gasteiger partial charge in [-0.25, -0.2) is 14.3 Å². The van der Waals surface area contributed by atoms with Crippen LogP contribution in [0.15, 0.2) is 29.5 Å². The number of quaternary nitrogens is 1. The predicted molar refractivity (Wildman–Crippen MR) is 141 cm³/mol. The Hall–Kier alpha value is -1.46. The van der Waals surface area contributed by atoms with Gasteiger partial charge >= 0.3 is 5.97 Å². The van der Waals surface area contributed by atoms with E-state index in [9.17, 15) is 9.90 Å². The quantitative estimate of drug-likeness (QED) is 0.0948. The molecule has 0 saturated heterocycles. The van der Waals surface area contributed by atoms with Gasteiger partial charge < -0.3 is 10.8 Å². The van der Waals surface area contributed by atoms with E-state index in [2.05, 4.69) is 24.1 Å². The van der Waals surface area contributed by atoms with Crippen molar-refractivity contribution in [2.75, 3.05) is 19.6 Å². The molecule has 0 aromatic heterocycles. The van der Waals surface area contributed by atoms with Crippen LogP contribution in [-0.2, 0) is 4.79 Å². The Morgan fingerprint density at radius 3 is 1.82 bits per heavy atom. The van der Waals surface area contributed by atoms with E-state index in [1.165, 1.54) is 103 Å². The molecule has 1 atom stereocenters. The molecule has 0 radical (unpaired) electrons. The van der Waals surface area contributed by atoms with Gasteiger partial charge in [0.25, 0.3) is 0 Å². The first-order chi connectivity index (χ1) is 16.1. The van der Waals surface area contributed by atoms with Crippen molar-refractivity contribution in [1.29, 1.82) is 0 Å². The Morgan fingerprint density at radius 1 is 0.879 bits per heavy atom. The molecule has 1 unspecified atom stereocenters. The van der Waals surface area contributed by atoms with Crippen LogP contribution in [0.3, 0.4) is 0 Å². The van der Waals surface area contributed by atoms with E-state index in [1.807, 2.05) is 6.20 Å². The number of nitrogens with zero attached hydrogens (tertiary/aromatic N) is 2. The van der Waals surface area contributed by atoms with Crippen molar-refractivity contribution in [1.82, 2.24) is 0 Å². The fraction of sp³-hybridized carbons (Fsp3) is 0.786. The third-order valence-electron chi connectivity index (χ3n) is 6.79. The SMILES string of the molecule is C/C=C/CCCCCCCCCCCCCCCCCCC1=NC=C[N+]1(CCN)CC(=O)O. The summed E-state index contributed by atoms with van der Waals surface area (Å²) in [5, 5.41) is 9.27. The van der Waals surface area contributed by atoms with Gasteiger partial charge in [0.1, 0.15) is 12.7 Å². The van der Waals surface area contributed by atoms with Crippen molar-refractivity contribution in [2.24, 2.45) is 10.7 Å². The van der Waals surface area contributed by atoms with Crippen molar-refractivity contribution < 1.29 is 14.4 Å². The normalized spacial score (nSPS) is 17.8. The van der Waals surface area contributed by atoms with Gasteiger partial charge in [0.05, 0.1) is 6.20 Å². The smallest absolute Gasteiger partial charge is 0.360 e. The maximum absolute atomic E-state index is 11.3. The lowest BCUT2D eigenvalue weighted by Crippen LogP contribution is -2.52. The van der Waals surface area contributed by atoms with Crippen molar-refractivity contribution in [3.05, 3.63) is 24.6 Å². The molecule has 0 fully saturated rings. The van der Waals surface area contributed by atoms with E-state index in [-0.39, 0.29) is 6.54 Å². The van der Waals surface area contributed by atoms with Crippen molar-refractivity contribution >= 4 is 11.8 Å². The highest BCUT2D eigenvalue weighted by atomic mass is 16.4. The molecule has 1 heterocycles. The molecule has 0 amide bonds. The number of hydrogen-bond donors (Lipinski definition) is 2. The Bertz CT molecular complexity index is 586. The molecule has 5 nitrogen and oxygen atoms in total. The fourth-order valence-corrected chi connectivity index (χ4v) is 4.82. The zero-order valence-electron chi connectivity index (χ0n) is 21.5.